The van der Waals surface area contributed by atoms with Gasteiger partial charge >= 0.3 is 6.18 Å². The van der Waals surface area contributed by atoms with E-state index in [0.29, 0.717) is 36.4 Å². The second-order valence-corrected chi connectivity index (χ2v) is 8.51. The number of amides is 1. The number of piperazine rings is 1. The number of nitrogens with zero attached hydrogens (tertiary/aromatic N) is 6. The molecule has 1 unspecified atom stereocenters. The first-order chi connectivity index (χ1) is 16.1. The van der Waals surface area contributed by atoms with Crippen LogP contribution in [-0.2, 0) is 24.0 Å². The molecule has 182 valence electrons. The Bertz CT molecular complexity index is 1140. The van der Waals surface area contributed by atoms with Gasteiger partial charge in [-0.25, -0.2) is 4.98 Å². The number of carbonyl (C=O) groups is 1. The van der Waals surface area contributed by atoms with E-state index in [0.717, 1.165) is 16.3 Å². The number of imidazole rings is 1. The second kappa shape index (κ2) is 9.35. The number of carbonyl (C=O) groups excluding carboxylic acids is 1. The van der Waals surface area contributed by atoms with E-state index in [1.54, 1.807) is 24.3 Å². The predicted octanol–water partition coefficient (Wildman–Crippen LogP) is 2.61. The lowest BCUT2D eigenvalue weighted by molar-refractivity contribution is -0.272. The molecule has 1 saturated heterocycles. The lowest BCUT2D eigenvalue weighted by atomic mass is 9.96. The van der Waals surface area contributed by atoms with Crippen molar-refractivity contribution in [1.29, 1.82) is 0 Å². The van der Waals surface area contributed by atoms with E-state index >= 15 is 0 Å². The summed E-state index contributed by atoms with van der Waals surface area (Å²) in [6.07, 6.45) is -3.78. The van der Waals surface area contributed by atoms with Crippen LogP contribution in [0.2, 0.25) is 5.02 Å². The van der Waals surface area contributed by atoms with Crippen LogP contribution in [0.15, 0.2) is 41.2 Å². The molecule has 1 aliphatic heterocycles. The Labute approximate surface area is 197 Å². The topological polar surface area (TPSA) is 101 Å². The highest BCUT2D eigenvalue weighted by molar-refractivity contribution is 6.30. The minimum Gasteiger partial charge on any atom is -0.374 e. The Balaban J connectivity index is 1.35. The number of benzene rings is 1. The fourth-order valence-electron chi connectivity index (χ4n) is 3.78. The van der Waals surface area contributed by atoms with Crippen LogP contribution in [0.25, 0.3) is 11.4 Å². The van der Waals surface area contributed by atoms with Gasteiger partial charge in [-0.2, -0.15) is 18.2 Å². The average molecular weight is 499 g/mol. The Morgan fingerprint density at radius 3 is 2.44 bits per heavy atom. The molecule has 1 aliphatic rings. The standard InChI is InChI=1S/C21H22ClF3N6O3/c1-29-7-6-26-19(29)20(33,21(23,24)25)12-17(32)31-10-8-30(9-11-31)13-16-27-18(28-34-16)14-2-4-15(22)5-3-14/h2-7,33H,8-13H2,1H3. The Hall–Kier alpha value is -2.96. The molecule has 1 atom stereocenters. The van der Waals surface area contributed by atoms with E-state index < -0.39 is 29.9 Å². The normalized spacial score (nSPS) is 17.1. The molecule has 0 radical (unpaired) electrons. The highest BCUT2D eigenvalue weighted by Crippen LogP contribution is 2.41. The van der Waals surface area contributed by atoms with Crippen molar-refractivity contribution < 1.29 is 27.6 Å². The average Bonchev–Trinajstić information content (AvgIpc) is 3.43. The Kier molecular flexibility index (Phi) is 6.65. The summed E-state index contributed by atoms with van der Waals surface area (Å²) in [6.45, 7) is 1.54. The number of halogens is 4. The molecule has 13 heteroatoms. The molecule has 1 amide bonds. The highest BCUT2D eigenvalue weighted by atomic mass is 35.5. The summed E-state index contributed by atoms with van der Waals surface area (Å²) in [7, 11) is 1.33. The zero-order chi connectivity index (χ0) is 24.5. The quantitative estimate of drug-likeness (QED) is 0.557. The van der Waals surface area contributed by atoms with Crippen molar-refractivity contribution in [3.8, 4) is 11.4 Å². The number of rotatable bonds is 6. The largest absolute Gasteiger partial charge is 0.425 e. The van der Waals surface area contributed by atoms with Gasteiger partial charge in [-0.15, -0.1) is 0 Å². The van der Waals surface area contributed by atoms with Crippen LogP contribution >= 0.6 is 11.6 Å². The molecule has 3 heterocycles. The minimum absolute atomic E-state index is 0.200. The summed E-state index contributed by atoms with van der Waals surface area (Å²) in [5.74, 6) is -0.627. The van der Waals surface area contributed by atoms with Crippen molar-refractivity contribution >= 4 is 17.5 Å². The minimum atomic E-state index is -5.07. The molecule has 9 nitrogen and oxygen atoms in total. The van der Waals surface area contributed by atoms with E-state index in [9.17, 15) is 23.1 Å². The van der Waals surface area contributed by atoms with Crippen molar-refractivity contribution in [2.24, 2.45) is 7.05 Å². The monoisotopic (exact) mass is 498 g/mol. The Morgan fingerprint density at radius 1 is 1.18 bits per heavy atom. The zero-order valence-corrected chi connectivity index (χ0v) is 18.9. The molecule has 4 rings (SSSR count). The molecule has 0 aliphatic carbocycles. The predicted molar refractivity (Wildman–Crippen MR) is 114 cm³/mol. The summed E-state index contributed by atoms with van der Waals surface area (Å²) in [4.78, 5) is 23.9. The fourth-order valence-corrected chi connectivity index (χ4v) is 3.91. The summed E-state index contributed by atoms with van der Waals surface area (Å²) >= 11 is 5.89. The van der Waals surface area contributed by atoms with Gasteiger partial charge in [0.1, 0.15) is 0 Å². The van der Waals surface area contributed by atoms with Gasteiger partial charge in [0.25, 0.3) is 0 Å². The number of hydrogen-bond donors (Lipinski definition) is 1. The van der Waals surface area contributed by atoms with E-state index in [1.165, 1.54) is 18.1 Å². The molecule has 0 bridgehead atoms. The SMILES string of the molecule is Cn1ccnc1C(O)(CC(=O)N1CCN(Cc2nc(-c3ccc(Cl)cc3)no2)CC1)C(F)(F)F. The van der Waals surface area contributed by atoms with Gasteiger partial charge in [0.15, 0.2) is 5.82 Å². The molecule has 1 fully saturated rings. The summed E-state index contributed by atoms with van der Waals surface area (Å²) < 4.78 is 47.5. The third-order valence-electron chi connectivity index (χ3n) is 5.72. The van der Waals surface area contributed by atoms with Crippen molar-refractivity contribution in [3.05, 3.63) is 53.4 Å². The van der Waals surface area contributed by atoms with E-state index in [1.807, 2.05) is 4.90 Å². The molecule has 3 aromatic rings. The molecular formula is C21H22ClF3N6O3. The van der Waals surface area contributed by atoms with Crippen LogP contribution in [0, 0.1) is 0 Å². The maximum Gasteiger partial charge on any atom is 0.425 e. The van der Waals surface area contributed by atoms with Gasteiger partial charge in [-0.1, -0.05) is 16.8 Å². The van der Waals surface area contributed by atoms with Crippen LogP contribution in [0.1, 0.15) is 18.1 Å². The fraction of sp³-hybridized carbons (Fsp3) is 0.429. The van der Waals surface area contributed by atoms with Crippen molar-refractivity contribution in [1.82, 2.24) is 29.5 Å². The summed E-state index contributed by atoms with van der Waals surface area (Å²) in [5.41, 5.74) is -2.62. The van der Waals surface area contributed by atoms with Crippen molar-refractivity contribution in [3.63, 3.8) is 0 Å². The summed E-state index contributed by atoms with van der Waals surface area (Å²) in [5, 5.41) is 15.0. The lowest BCUT2D eigenvalue weighted by Crippen LogP contribution is -2.52. The molecule has 34 heavy (non-hydrogen) atoms. The highest BCUT2D eigenvalue weighted by Gasteiger charge is 2.59. The number of aryl methyl sites for hydroxylation is 1. The molecule has 0 spiro atoms. The van der Waals surface area contributed by atoms with Gasteiger partial charge in [0.05, 0.1) is 13.0 Å². The van der Waals surface area contributed by atoms with Crippen LogP contribution < -0.4 is 0 Å². The third kappa shape index (κ3) is 4.93. The third-order valence-corrected chi connectivity index (χ3v) is 5.97. The maximum absolute atomic E-state index is 13.7. The van der Waals surface area contributed by atoms with Crippen molar-refractivity contribution in [2.75, 3.05) is 26.2 Å². The van der Waals surface area contributed by atoms with Crippen LogP contribution in [0.5, 0.6) is 0 Å². The molecular weight excluding hydrogens is 477 g/mol. The number of alkyl halides is 3. The zero-order valence-electron chi connectivity index (χ0n) is 18.2. The van der Waals surface area contributed by atoms with Gasteiger partial charge in [0.2, 0.25) is 23.2 Å². The van der Waals surface area contributed by atoms with Gasteiger partial charge < -0.3 is 19.1 Å². The van der Waals surface area contributed by atoms with Crippen LogP contribution in [0.4, 0.5) is 13.2 Å². The smallest absolute Gasteiger partial charge is 0.374 e. The molecule has 2 aromatic heterocycles. The van der Waals surface area contributed by atoms with Gasteiger partial charge in [-0.05, 0) is 24.3 Å². The van der Waals surface area contributed by atoms with Crippen LogP contribution in [-0.4, -0.2) is 72.9 Å². The molecule has 1 aromatic carbocycles. The number of aliphatic hydroxyl groups is 1. The first-order valence-corrected chi connectivity index (χ1v) is 10.8. The Morgan fingerprint density at radius 2 is 1.85 bits per heavy atom. The lowest BCUT2D eigenvalue weighted by Gasteiger charge is -2.36. The van der Waals surface area contributed by atoms with E-state index in [4.69, 9.17) is 16.1 Å². The number of hydrogen-bond acceptors (Lipinski definition) is 7. The van der Waals surface area contributed by atoms with E-state index in [2.05, 4.69) is 15.1 Å². The van der Waals surface area contributed by atoms with Gasteiger partial charge in [0, 0.05) is 56.2 Å². The van der Waals surface area contributed by atoms with Crippen molar-refractivity contribution in [2.45, 2.75) is 24.7 Å². The van der Waals surface area contributed by atoms with Crippen LogP contribution in [0.3, 0.4) is 0 Å². The van der Waals surface area contributed by atoms with E-state index in [-0.39, 0.29) is 13.1 Å². The molecule has 0 saturated carbocycles. The van der Waals surface area contributed by atoms with Gasteiger partial charge in [-0.3, -0.25) is 9.69 Å². The second-order valence-electron chi connectivity index (χ2n) is 8.07. The summed E-state index contributed by atoms with van der Waals surface area (Å²) in [6, 6.07) is 6.98. The first kappa shape index (κ1) is 24.2. The molecule has 1 N–H and O–H groups in total. The first-order valence-electron chi connectivity index (χ1n) is 10.4. The number of aromatic nitrogens is 4. The maximum atomic E-state index is 13.7.